The highest BCUT2D eigenvalue weighted by Crippen LogP contribution is 2.41. The van der Waals surface area contributed by atoms with Crippen molar-refractivity contribution in [3.05, 3.63) is 48.4 Å². The third kappa shape index (κ3) is 4.79. The molecule has 7 nitrogen and oxygen atoms in total. The lowest BCUT2D eigenvalue weighted by Gasteiger charge is -2.16. The zero-order valence-electron chi connectivity index (χ0n) is 17.2. The van der Waals surface area contributed by atoms with Crippen LogP contribution >= 0.6 is 0 Å². The van der Waals surface area contributed by atoms with Gasteiger partial charge in [-0.2, -0.15) is 5.10 Å². The first kappa shape index (κ1) is 20.7. The minimum Gasteiger partial charge on any atom is -0.477 e. The Balaban J connectivity index is 1.65. The van der Waals surface area contributed by atoms with Crippen molar-refractivity contribution in [3.8, 4) is 28.3 Å². The molecule has 1 aromatic carbocycles. The fraction of sp³-hybridized carbons (Fsp3) is 0.304. The number of ketones is 1. The molecule has 1 amide bonds. The maximum atomic E-state index is 13.4. The van der Waals surface area contributed by atoms with E-state index < -0.39 is 0 Å². The Labute approximate surface area is 179 Å². The highest BCUT2D eigenvalue weighted by molar-refractivity contribution is 5.92. The number of ether oxygens (including phenoxy) is 1. The molecule has 3 aromatic rings. The van der Waals surface area contributed by atoms with Gasteiger partial charge in [0.05, 0.1) is 12.2 Å². The zero-order valence-corrected chi connectivity index (χ0v) is 17.2. The van der Waals surface area contributed by atoms with Gasteiger partial charge in [-0.05, 0) is 55.3 Å². The number of fused-ring (bicyclic) bond motifs is 1. The molecule has 0 unspecified atom stereocenters. The molecule has 160 valence electrons. The second-order valence-electron chi connectivity index (χ2n) is 7.49. The van der Waals surface area contributed by atoms with Gasteiger partial charge in [-0.1, -0.05) is 0 Å². The van der Waals surface area contributed by atoms with E-state index in [4.69, 9.17) is 9.84 Å². The Morgan fingerprint density at radius 2 is 1.97 bits per heavy atom. The van der Waals surface area contributed by atoms with Crippen LogP contribution in [0.5, 0.6) is 5.88 Å². The van der Waals surface area contributed by atoms with Gasteiger partial charge in [0.15, 0.2) is 0 Å². The summed E-state index contributed by atoms with van der Waals surface area (Å²) in [6.45, 7) is 2.83. The third-order valence-corrected chi connectivity index (χ3v) is 5.03. The summed E-state index contributed by atoms with van der Waals surface area (Å²) < 4.78 is 21.2. The number of aryl methyl sites for hydroxylation is 1. The van der Waals surface area contributed by atoms with Gasteiger partial charge in [0, 0.05) is 37.6 Å². The number of nitrogens with zero attached hydrogens (tertiary/aromatic N) is 3. The van der Waals surface area contributed by atoms with Crippen LogP contribution in [0.3, 0.4) is 0 Å². The van der Waals surface area contributed by atoms with Crippen molar-refractivity contribution in [3.63, 3.8) is 0 Å². The standard InChI is InChI=1S/C23H23FN4O3/c1-15(29)4-2-5-20(30)26-19-14-17(10-11-25-19)21-22(16-6-8-18(24)9-7-16)27-28-12-3-13-31-23(21)28/h6-11,14H,2-5,12-13H2,1H3,(H,25,26,30). The predicted octanol–water partition coefficient (Wildman–Crippen LogP) is 4.23. The monoisotopic (exact) mass is 422 g/mol. The summed E-state index contributed by atoms with van der Waals surface area (Å²) in [6.07, 6.45) is 3.59. The lowest BCUT2D eigenvalue weighted by atomic mass is 10.0. The summed E-state index contributed by atoms with van der Waals surface area (Å²) in [5.41, 5.74) is 3.02. The summed E-state index contributed by atoms with van der Waals surface area (Å²) in [5.74, 6) is 0.607. The van der Waals surface area contributed by atoms with Crippen LogP contribution in [0, 0.1) is 5.82 Å². The van der Waals surface area contributed by atoms with E-state index in [0.717, 1.165) is 29.7 Å². The lowest BCUT2D eigenvalue weighted by Crippen LogP contribution is -2.15. The van der Waals surface area contributed by atoms with Crippen molar-refractivity contribution in [1.29, 1.82) is 0 Å². The van der Waals surface area contributed by atoms with Crippen LogP contribution in [-0.4, -0.2) is 33.1 Å². The Morgan fingerprint density at radius 3 is 2.74 bits per heavy atom. The number of pyridine rings is 1. The molecule has 2 aromatic heterocycles. The van der Waals surface area contributed by atoms with Crippen LogP contribution in [0.15, 0.2) is 42.6 Å². The second-order valence-corrected chi connectivity index (χ2v) is 7.49. The van der Waals surface area contributed by atoms with Gasteiger partial charge in [0.2, 0.25) is 11.8 Å². The molecule has 0 saturated heterocycles. The Morgan fingerprint density at radius 1 is 1.16 bits per heavy atom. The predicted molar refractivity (Wildman–Crippen MR) is 114 cm³/mol. The van der Waals surface area contributed by atoms with E-state index in [1.807, 2.05) is 10.7 Å². The topological polar surface area (TPSA) is 86.1 Å². The number of halogens is 1. The molecule has 0 saturated carbocycles. The molecule has 8 heteroatoms. The molecule has 0 fully saturated rings. The first-order valence-corrected chi connectivity index (χ1v) is 10.3. The van der Waals surface area contributed by atoms with E-state index >= 15 is 0 Å². The minimum atomic E-state index is -0.316. The van der Waals surface area contributed by atoms with E-state index in [-0.39, 0.29) is 23.9 Å². The fourth-order valence-corrected chi connectivity index (χ4v) is 3.56. The minimum absolute atomic E-state index is 0.0622. The van der Waals surface area contributed by atoms with Crippen LogP contribution in [0.1, 0.15) is 32.6 Å². The quantitative estimate of drug-likeness (QED) is 0.616. The van der Waals surface area contributed by atoms with E-state index in [1.165, 1.54) is 19.1 Å². The van der Waals surface area contributed by atoms with Crippen LogP contribution in [-0.2, 0) is 16.1 Å². The molecule has 0 spiro atoms. The maximum absolute atomic E-state index is 13.4. The molecular weight excluding hydrogens is 399 g/mol. The Bertz CT molecular complexity index is 1110. The normalized spacial score (nSPS) is 12.7. The number of amides is 1. The van der Waals surface area contributed by atoms with Gasteiger partial charge in [-0.3, -0.25) is 4.79 Å². The lowest BCUT2D eigenvalue weighted by molar-refractivity contribution is -0.117. The van der Waals surface area contributed by atoms with Gasteiger partial charge in [0.1, 0.15) is 23.1 Å². The molecule has 1 aliphatic heterocycles. The smallest absolute Gasteiger partial charge is 0.225 e. The third-order valence-electron chi connectivity index (χ3n) is 5.03. The molecule has 4 rings (SSSR count). The number of benzene rings is 1. The summed E-state index contributed by atoms with van der Waals surface area (Å²) in [4.78, 5) is 27.5. The number of hydrogen-bond donors (Lipinski definition) is 1. The van der Waals surface area contributed by atoms with Crippen LogP contribution in [0.25, 0.3) is 22.4 Å². The van der Waals surface area contributed by atoms with Crippen molar-refractivity contribution < 1.29 is 18.7 Å². The van der Waals surface area contributed by atoms with Crippen LogP contribution in [0.4, 0.5) is 10.2 Å². The molecule has 1 N–H and O–H groups in total. The zero-order chi connectivity index (χ0) is 21.8. The van der Waals surface area contributed by atoms with E-state index in [9.17, 15) is 14.0 Å². The van der Waals surface area contributed by atoms with Crippen molar-refractivity contribution in [2.75, 3.05) is 11.9 Å². The molecule has 1 aliphatic rings. The number of carbonyl (C=O) groups excluding carboxylic acids is 2. The molecule has 0 bridgehead atoms. The number of carbonyl (C=O) groups is 2. The molecular formula is C23H23FN4O3. The highest BCUT2D eigenvalue weighted by Gasteiger charge is 2.24. The maximum Gasteiger partial charge on any atom is 0.225 e. The number of Topliss-reactive ketones (excluding diaryl/α,β-unsaturated/α-hetero) is 1. The fourth-order valence-electron chi connectivity index (χ4n) is 3.56. The van der Waals surface area contributed by atoms with Gasteiger partial charge < -0.3 is 14.8 Å². The average molecular weight is 422 g/mol. The number of rotatable bonds is 7. The van der Waals surface area contributed by atoms with Gasteiger partial charge in [0.25, 0.3) is 0 Å². The molecule has 0 atom stereocenters. The molecule has 0 radical (unpaired) electrons. The van der Waals surface area contributed by atoms with E-state index in [0.29, 0.717) is 36.8 Å². The summed E-state index contributed by atoms with van der Waals surface area (Å²) in [7, 11) is 0. The van der Waals surface area contributed by atoms with Crippen molar-refractivity contribution in [2.45, 2.75) is 39.2 Å². The van der Waals surface area contributed by atoms with Crippen LogP contribution < -0.4 is 10.1 Å². The SMILES string of the molecule is CC(=O)CCCC(=O)Nc1cc(-c2c(-c3ccc(F)cc3)nn3c2OCCC3)ccn1. The Hall–Kier alpha value is -3.55. The van der Waals surface area contributed by atoms with Gasteiger partial charge in [-0.15, -0.1) is 0 Å². The summed E-state index contributed by atoms with van der Waals surface area (Å²) in [6, 6.07) is 9.77. The van der Waals surface area contributed by atoms with Gasteiger partial charge in [-0.25, -0.2) is 14.1 Å². The summed E-state index contributed by atoms with van der Waals surface area (Å²) >= 11 is 0. The van der Waals surface area contributed by atoms with Crippen molar-refractivity contribution >= 4 is 17.5 Å². The van der Waals surface area contributed by atoms with E-state index in [1.54, 1.807) is 24.4 Å². The Kier molecular flexibility index (Phi) is 6.06. The largest absolute Gasteiger partial charge is 0.477 e. The first-order chi connectivity index (χ1) is 15.0. The second kappa shape index (κ2) is 9.07. The number of aromatic nitrogens is 3. The van der Waals surface area contributed by atoms with Crippen molar-refractivity contribution in [2.24, 2.45) is 0 Å². The molecule has 0 aliphatic carbocycles. The number of nitrogens with one attached hydrogen (secondary N) is 1. The highest BCUT2D eigenvalue weighted by atomic mass is 19.1. The summed E-state index contributed by atoms with van der Waals surface area (Å²) in [5, 5.41) is 7.49. The van der Waals surface area contributed by atoms with Gasteiger partial charge >= 0.3 is 0 Å². The number of hydrogen-bond acceptors (Lipinski definition) is 5. The van der Waals surface area contributed by atoms with Crippen LogP contribution in [0.2, 0.25) is 0 Å². The van der Waals surface area contributed by atoms with Crippen molar-refractivity contribution in [1.82, 2.24) is 14.8 Å². The first-order valence-electron chi connectivity index (χ1n) is 10.3. The number of anilines is 1. The van der Waals surface area contributed by atoms with E-state index in [2.05, 4.69) is 10.3 Å². The average Bonchev–Trinajstić information content (AvgIpc) is 3.14. The molecule has 31 heavy (non-hydrogen) atoms. The molecule has 3 heterocycles.